The lowest BCUT2D eigenvalue weighted by Gasteiger charge is -2.22. The molecule has 0 aliphatic carbocycles. The average Bonchev–Trinajstić information content (AvgIpc) is 3.00. The molecule has 1 aromatic carbocycles. The van der Waals surface area contributed by atoms with Crippen molar-refractivity contribution in [1.82, 2.24) is 9.88 Å². The minimum atomic E-state index is 0.157. The van der Waals surface area contributed by atoms with Gasteiger partial charge in [0.2, 0.25) is 0 Å². The monoisotopic (exact) mass is 268 g/mol. The number of hydrogen-bond donors (Lipinski definition) is 1. The van der Waals surface area contributed by atoms with E-state index in [1.54, 1.807) is 0 Å². The van der Waals surface area contributed by atoms with E-state index in [1.165, 1.54) is 27.7 Å². The number of benzene rings is 1. The second kappa shape index (κ2) is 4.45. The molecule has 0 spiro atoms. The van der Waals surface area contributed by atoms with E-state index in [9.17, 15) is 4.79 Å². The maximum Gasteiger partial charge on any atom is 0.138 e. The third-order valence-electron chi connectivity index (χ3n) is 5.01. The summed E-state index contributed by atoms with van der Waals surface area (Å²) in [5.41, 5.74) is 5.63. The first-order valence-corrected chi connectivity index (χ1v) is 7.58. The van der Waals surface area contributed by atoms with Gasteiger partial charge in [0.1, 0.15) is 5.78 Å². The van der Waals surface area contributed by atoms with Crippen molar-refractivity contribution >= 4 is 16.7 Å². The first-order valence-electron chi connectivity index (χ1n) is 7.58. The van der Waals surface area contributed by atoms with Crippen molar-refractivity contribution in [3.63, 3.8) is 0 Å². The molecule has 1 aromatic heterocycles. The van der Waals surface area contributed by atoms with Crippen LogP contribution in [0.2, 0.25) is 0 Å². The van der Waals surface area contributed by atoms with Gasteiger partial charge in [-0.15, -0.1) is 0 Å². The van der Waals surface area contributed by atoms with Crippen molar-refractivity contribution in [2.75, 3.05) is 13.1 Å². The number of nitrogens with one attached hydrogen (secondary N) is 1. The standard InChI is InChI=1S/C17H20N2O/c1-11-15(9-13-10-18-7-5-16(13)20)14-4-2-3-12-6-8-19(11)17(12)14/h2-4,13,18H,5-10H2,1H3. The van der Waals surface area contributed by atoms with Crippen molar-refractivity contribution in [1.29, 1.82) is 0 Å². The molecular weight excluding hydrogens is 248 g/mol. The second-order valence-corrected chi connectivity index (χ2v) is 6.10. The predicted octanol–water partition coefficient (Wildman–Crippen LogP) is 2.23. The van der Waals surface area contributed by atoms with Crippen LogP contribution >= 0.6 is 0 Å². The van der Waals surface area contributed by atoms with E-state index in [1.807, 2.05) is 0 Å². The molecule has 1 fully saturated rings. The first kappa shape index (κ1) is 12.2. The highest BCUT2D eigenvalue weighted by atomic mass is 16.1. The lowest BCUT2D eigenvalue weighted by molar-refractivity contribution is -0.123. The van der Waals surface area contributed by atoms with E-state index >= 15 is 0 Å². The van der Waals surface area contributed by atoms with E-state index in [0.29, 0.717) is 12.2 Å². The van der Waals surface area contributed by atoms with Crippen molar-refractivity contribution in [3.05, 3.63) is 35.0 Å². The van der Waals surface area contributed by atoms with Gasteiger partial charge in [-0.25, -0.2) is 0 Å². The number of nitrogens with zero attached hydrogens (tertiary/aromatic N) is 1. The molecular formula is C17H20N2O. The van der Waals surface area contributed by atoms with Crippen molar-refractivity contribution in [3.8, 4) is 0 Å². The van der Waals surface area contributed by atoms with Gasteiger partial charge in [-0.1, -0.05) is 18.2 Å². The molecule has 2 aromatic rings. The smallest absolute Gasteiger partial charge is 0.138 e. The van der Waals surface area contributed by atoms with Crippen LogP contribution in [0.5, 0.6) is 0 Å². The van der Waals surface area contributed by atoms with Crippen LogP contribution in [0.3, 0.4) is 0 Å². The molecule has 0 radical (unpaired) electrons. The molecule has 1 N–H and O–H groups in total. The fraction of sp³-hybridized carbons (Fsp3) is 0.471. The number of Topliss-reactive ketones (excluding diaryl/α,β-unsaturated/α-hetero) is 1. The number of para-hydroxylation sites is 1. The number of carbonyl (C=O) groups is 1. The van der Waals surface area contributed by atoms with Gasteiger partial charge in [-0.3, -0.25) is 4.79 Å². The molecule has 0 bridgehead atoms. The van der Waals surface area contributed by atoms with Gasteiger partial charge in [0.05, 0.1) is 5.52 Å². The Morgan fingerprint density at radius 2 is 2.25 bits per heavy atom. The molecule has 1 unspecified atom stereocenters. The van der Waals surface area contributed by atoms with Crippen LogP contribution in [-0.2, 0) is 24.2 Å². The molecule has 0 saturated carbocycles. The zero-order valence-corrected chi connectivity index (χ0v) is 11.9. The van der Waals surface area contributed by atoms with Crippen LogP contribution in [0.15, 0.2) is 18.2 Å². The van der Waals surface area contributed by atoms with Gasteiger partial charge in [0, 0.05) is 43.1 Å². The van der Waals surface area contributed by atoms with Crippen molar-refractivity contribution in [2.24, 2.45) is 5.92 Å². The summed E-state index contributed by atoms with van der Waals surface area (Å²) in [6.07, 6.45) is 2.73. The number of rotatable bonds is 2. The normalized spacial score (nSPS) is 21.9. The molecule has 0 amide bonds. The maximum absolute atomic E-state index is 12.1. The fourth-order valence-corrected chi connectivity index (χ4v) is 3.89. The molecule has 1 saturated heterocycles. The number of hydrogen-bond acceptors (Lipinski definition) is 2. The maximum atomic E-state index is 12.1. The van der Waals surface area contributed by atoms with Crippen LogP contribution in [0.1, 0.15) is 23.2 Å². The molecule has 3 heterocycles. The van der Waals surface area contributed by atoms with E-state index in [4.69, 9.17) is 0 Å². The largest absolute Gasteiger partial charge is 0.344 e. The van der Waals surface area contributed by atoms with Crippen LogP contribution in [0.4, 0.5) is 0 Å². The summed E-state index contributed by atoms with van der Waals surface area (Å²) in [6, 6.07) is 6.63. The third-order valence-corrected chi connectivity index (χ3v) is 5.01. The minimum Gasteiger partial charge on any atom is -0.344 e. The molecule has 1 atom stereocenters. The van der Waals surface area contributed by atoms with Gasteiger partial charge < -0.3 is 9.88 Å². The summed E-state index contributed by atoms with van der Waals surface area (Å²) in [6.45, 7) is 4.99. The van der Waals surface area contributed by atoms with E-state index in [2.05, 4.69) is 35.0 Å². The highest BCUT2D eigenvalue weighted by Gasteiger charge is 2.27. The summed E-state index contributed by atoms with van der Waals surface area (Å²) in [4.78, 5) is 12.1. The van der Waals surface area contributed by atoms with Crippen LogP contribution in [-0.4, -0.2) is 23.4 Å². The minimum absolute atomic E-state index is 0.157. The Labute approximate surface area is 119 Å². The highest BCUT2D eigenvalue weighted by Crippen LogP contribution is 2.34. The third kappa shape index (κ3) is 1.66. The number of ketones is 1. The summed E-state index contributed by atoms with van der Waals surface area (Å²) in [7, 11) is 0. The van der Waals surface area contributed by atoms with Gasteiger partial charge in [-0.05, 0) is 30.9 Å². The summed E-state index contributed by atoms with van der Waals surface area (Å²) >= 11 is 0. The van der Waals surface area contributed by atoms with Gasteiger partial charge in [-0.2, -0.15) is 0 Å². The van der Waals surface area contributed by atoms with Gasteiger partial charge in [0.15, 0.2) is 0 Å². The Bertz CT molecular complexity index is 699. The predicted molar refractivity (Wildman–Crippen MR) is 80.1 cm³/mol. The molecule has 104 valence electrons. The average molecular weight is 268 g/mol. The zero-order chi connectivity index (χ0) is 13.7. The number of aryl methyl sites for hydroxylation is 2. The Morgan fingerprint density at radius 3 is 3.10 bits per heavy atom. The first-order chi connectivity index (χ1) is 9.75. The molecule has 4 rings (SSSR count). The molecule has 2 aliphatic heterocycles. The Hall–Kier alpha value is -1.61. The summed E-state index contributed by atoms with van der Waals surface area (Å²) in [5, 5.41) is 4.73. The summed E-state index contributed by atoms with van der Waals surface area (Å²) < 4.78 is 2.45. The molecule has 2 aliphatic rings. The number of piperidine rings is 1. The van der Waals surface area contributed by atoms with Crippen LogP contribution in [0, 0.1) is 12.8 Å². The highest BCUT2D eigenvalue weighted by molar-refractivity contribution is 5.90. The van der Waals surface area contributed by atoms with Crippen molar-refractivity contribution < 1.29 is 4.79 Å². The lowest BCUT2D eigenvalue weighted by Crippen LogP contribution is -2.38. The van der Waals surface area contributed by atoms with Gasteiger partial charge >= 0.3 is 0 Å². The molecule has 3 nitrogen and oxygen atoms in total. The number of aromatic nitrogens is 1. The Balaban J connectivity index is 1.79. The Kier molecular flexibility index (Phi) is 2.71. The van der Waals surface area contributed by atoms with E-state index in [-0.39, 0.29) is 5.92 Å². The number of carbonyl (C=O) groups excluding carboxylic acids is 1. The van der Waals surface area contributed by atoms with E-state index in [0.717, 1.165) is 32.5 Å². The zero-order valence-electron chi connectivity index (χ0n) is 11.9. The van der Waals surface area contributed by atoms with Crippen molar-refractivity contribution in [2.45, 2.75) is 32.7 Å². The quantitative estimate of drug-likeness (QED) is 0.906. The molecule has 20 heavy (non-hydrogen) atoms. The topological polar surface area (TPSA) is 34.0 Å². The van der Waals surface area contributed by atoms with Crippen LogP contribution < -0.4 is 5.32 Å². The fourth-order valence-electron chi connectivity index (χ4n) is 3.89. The van der Waals surface area contributed by atoms with Gasteiger partial charge in [0.25, 0.3) is 0 Å². The molecule has 3 heteroatoms. The van der Waals surface area contributed by atoms with E-state index < -0.39 is 0 Å². The SMILES string of the molecule is Cc1c(CC2CNCCC2=O)c2cccc3c2n1CC3. The Morgan fingerprint density at radius 1 is 1.35 bits per heavy atom. The summed E-state index contributed by atoms with van der Waals surface area (Å²) in [5.74, 6) is 0.585. The van der Waals surface area contributed by atoms with Crippen LogP contribution in [0.25, 0.3) is 10.9 Å². The lowest BCUT2D eigenvalue weighted by atomic mass is 9.89. The second-order valence-electron chi connectivity index (χ2n) is 6.10.